The van der Waals surface area contributed by atoms with Gasteiger partial charge in [-0.05, 0) is 50.6 Å². The van der Waals surface area contributed by atoms with E-state index in [0.717, 1.165) is 21.7 Å². The van der Waals surface area contributed by atoms with Crippen molar-refractivity contribution < 1.29 is 9.21 Å². The summed E-state index contributed by atoms with van der Waals surface area (Å²) in [5, 5.41) is 1.52. The molecule has 0 aliphatic carbocycles. The topological polar surface area (TPSA) is 63.4 Å². The van der Waals surface area contributed by atoms with E-state index in [1.54, 1.807) is 29.2 Å². The Labute approximate surface area is 181 Å². The van der Waals surface area contributed by atoms with E-state index in [1.807, 2.05) is 39.0 Å². The molecule has 0 bridgehead atoms. The first kappa shape index (κ1) is 19.0. The summed E-state index contributed by atoms with van der Waals surface area (Å²) in [6.45, 7) is 5.77. The van der Waals surface area contributed by atoms with Crippen LogP contribution in [0.15, 0.2) is 51.7 Å². The molecule has 3 heterocycles. The molecule has 5 nitrogen and oxygen atoms in total. The molecule has 0 saturated heterocycles. The van der Waals surface area contributed by atoms with Gasteiger partial charge in [-0.15, -0.1) is 11.3 Å². The third-order valence-corrected chi connectivity index (χ3v) is 6.72. The summed E-state index contributed by atoms with van der Waals surface area (Å²) in [5.74, 6) is -0.310. The molecule has 150 valence electrons. The van der Waals surface area contributed by atoms with Gasteiger partial charge < -0.3 is 4.42 Å². The van der Waals surface area contributed by atoms with Gasteiger partial charge >= 0.3 is 0 Å². The number of carbonyl (C=O) groups is 1. The minimum absolute atomic E-state index is 0.0619. The van der Waals surface area contributed by atoms with Crippen LogP contribution in [-0.2, 0) is 0 Å². The summed E-state index contributed by atoms with van der Waals surface area (Å²) in [4.78, 5) is 34.2. The van der Waals surface area contributed by atoms with Crippen LogP contribution >= 0.6 is 22.9 Å². The van der Waals surface area contributed by atoms with Crippen molar-refractivity contribution in [2.45, 2.75) is 26.8 Å². The van der Waals surface area contributed by atoms with E-state index >= 15 is 0 Å². The van der Waals surface area contributed by atoms with Gasteiger partial charge in [0.25, 0.3) is 5.91 Å². The predicted octanol–water partition coefficient (Wildman–Crippen LogP) is 5.58. The van der Waals surface area contributed by atoms with Gasteiger partial charge in [0.05, 0.1) is 22.7 Å². The zero-order chi connectivity index (χ0) is 21.2. The van der Waals surface area contributed by atoms with Crippen LogP contribution in [0.2, 0.25) is 5.02 Å². The minimum atomic E-state index is -0.655. The largest absolute Gasteiger partial charge is 0.450 e. The number of rotatable bonds is 2. The van der Waals surface area contributed by atoms with Crippen LogP contribution < -0.4 is 10.3 Å². The Morgan fingerprint density at radius 3 is 2.60 bits per heavy atom. The number of hydrogen-bond acceptors (Lipinski definition) is 5. The summed E-state index contributed by atoms with van der Waals surface area (Å²) in [7, 11) is 0. The second kappa shape index (κ2) is 6.79. The second-order valence-electron chi connectivity index (χ2n) is 7.44. The number of nitrogens with zero attached hydrogens (tertiary/aromatic N) is 2. The Morgan fingerprint density at radius 2 is 1.90 bits per heavy atom. The quantitative estimate of drug-likeness (QED) is 0.411. The molecule has 2 aromatic carbocycles. The molecule has 0 spiro atoms. The Bertz CT molecular complexity index is 1390. The lowest BCUT2D eigenvalue weighted by molar-refractivity contribution is 0.0971. The fourth-order valence-corrected chi connectivity index (χ4v) is 4.97. The number of aryl methyl sites for hydroxylation is 3. The van der Waals surface area contributed by atoms with Crippen molar-refractivity contribution in [3.8, 4) is 0 Å². The smallest absolute Gasteiger partial charge is 0.297 e. The number of carbonyl (C=O) groups excluding carboxylic acids is 1. The summed E-state index contributed by atoms with van der Waals surface area (Å²) in [6.07, 6.45) is 0. The molecule has 5 rings (SSSR count). The van der Waals surface area contributed by atoms with E-state index in [-0.39, 0.29) is 17.1 Å². The highest BCUT2D eigenvalue weighted by molar-refractivity contribution is 7.15. The highest BCUT2D eigenvalue weighted by Crippen LogP contribution is 2.43. The molecule has 1 aliphatic rings. The number of hydrogen-bond donors (Lipinski definition) is 0. The summed E-state index contributed by atoms with van der Waals surface area (Å²) >= 11 is 7.67. The van der Waals surface area contributed by atoms with E-state index in [4.69, 9.17) is 16.0 Å². The van der Waals surface area contributed by atoms with Crippen LogP contribution in [0.3, 0.4) is 0 Å². The number of fused-ring (bicyclic) bond motifs is 2. The number of halogens is 1. The first-order valence-corrected chi connectivity index (χ1v) is 10.6. The maximum atomic E-state index is 13.5. The molecule has 0 saturated carbocycles. The molecule has 0 radical (unpaired) electrons. The molecule has 7 heteroatoms. The Balaban J connectivity index is 1.84. The van der Waals surface area contributed by atoms with Crippen molar-refractivity contribution in [2.75, 3.05) is 4.90 Å². The van der Waals surface area contributed by atoms with Crippen molar-refractivity contribution in [2.24, 2.45) is 0 Å². The molecular formula is C23H17ClN2O3S. The highest BCUT2D eigenvalue weighted by Gasteiger charge is 2.45. The standard InChI is InChI=1S/C23H17ClN2O3S/c1-11-7-8-17-16(9-11)20(27)18-19(14-5-4-6-15(24)10-14)26(22(28)21(18)29-17)23-25-12(2)13(3)30-23/h4-10,19H,1-3H3/t19-/m0/s1. The van der Waals surface area contributed by atoms with Gasteiger partial charge in [0.1, 0.15) is 5.58 Å². The van der Waals surface area contributed by atoms with Gasteiger partial charge in [-0.2, -0.15) is 0 Å². The first-order valence-electron chi connectivity index (χ1n) is 9.45. The summed E-state index contributed by atoms with van der Waals surface area (Å²) in [5.41, 5.74) is 3.05. The average Bonchev–Trinajstić information content (AvgIpc) is 3.19. The zero-order valence-electron chi connectivity index (χ0n) is 16.5. The molecule has 1 amide bonds. The molecule has 30 heavy (non-hydrogen) atoms. The third kappa shape index (κ3) is 2.79. The molecule has 1 atom stereocenters. The summed E-state index contributed by atoms with van der Waals surface area (Å²) in [6, 6.07) is 11.9. The maximum absolute atomic E-state index is 13.5. The van der Waals surface area contributed by atoms with E-state index in [0.29, 0.717) is 26.7 Å². The lowest BCUT2D eigenvalue weighted by Crippen LogP contribution is -2.29. The summed E-state index contributed by atoms with van der Waals surface area (Å²) < 4.78 is 5.98. The molecular weight excluding hydrogens is 420 g/mol. The first-order chi connectivity index (χ1) is 14.3. The van der Waals surface area contributed by atoms with Crippen LogP contribution in [0, 0.1) is 20.8 Å². The number of benzene rings is 2. The lowest BCUT2D eigenvalue weighted by atomic mass is 9.98. The van der Waals surface area contributed by atoms with Gasteiger partial charge in [-0.1, -0.05) is 35.4 Å². The number of thiazole rings is 1. The Kier molecular flexibility index (Phi) is 4.31. The van der Waals surface area contributed by atoms with Gasteiger partial charge in [-0.3, -0.25) is 14.5 Å². The average molecular weight is 437 g/mol. The van der Waals surface area contributed by atoms with E-state index in [2.05, 4.69) is 4.98 Å². The second-order valence-corrected chi connectivity index (χ2v) is 9.06. The van der Waals surface area contributed by atoms with Crippen LogP contribution in [0.1, 0.15) is 43.9 Å². The number of amides is 1. The molecule has 0 fully saturated rings. The van der Waals surface area contributed by atoms with Crippen molar-refractivity contribution >= 4 is 44.9 Å². The highest BCUT2D eigenvalue weighted by atomic mass is 35.5. The van der Waals surface area contributed by atoms with Crippen LogP contribution in [-0.4, -0.2) is 10.9 Å². The third-order valence-electron chi connectivity index (χ3n) is 5.41. The van der Waals surface area contributed by atoms with E-state index in [1.165, 1.54) is 11.3 Å². The molecule has 2 aromatic heterocycles. The lowest BCUT2D eigenvalue weighted by Gasteiger charge is -2.22. The SMILES string of the molecule is Cc1ccc2oc3c(c(=O)c2c1)[C@H](c1cccc(Cl)c1)N(c1nc(C)c(C)s1)C3=O. The van der Waals surface area contributed by atoms with E-state index < -0.39 is 6.04 Å². The molecule has 0 unspecified atom stereocenters. The normalized spacial score (nSPS) is 15.8. The monoisotopic (exact) mass is 436 g/mol. The Morgan fingerprint density at radius 1 is 1.10 bits per heavy atom. The minimum Gasteiger partial charge on any atom is -0.450 e. The number of anilines is 1. The van der Waals surface area contributed by atoms with Crippen LogP contribution in [0.5, 0.6) is 0 Å². The Hall–Kier alpha value is -2.96. The van der Waals surface area contributed by atoms with Gasteiger partial charge in [0.2, 0.25) is 5.76 Å². The van der Waals surface area contributed by atoms with Crippen molar-refractivity contribution in [1.29, 1.82) is 0 Å². The zero-order valence-corrected chi connectivity index (χ0v) is 18.1. The van der Waals surface area contributed by atoms with Crippen LogP contribution in [0.25, 0.3) is 11.0 Å². The molecule has 4 aromatic rings. The fraction of sp³-hybridized carbons (Fsp3) is 0.174. The molecule has 0 N–H and O–H groups in total. The van der Waals surface area contributed by atoms with Gasteiger partial charge in [-0.25, -0.2) is 4.98 Å². The van der Waals surface area contributed by atoms with Gasteiger partial charge in [0, 0.05) is 9.90 Å². The van der Waals surface area contributed by atoms with Crippen LogP contribution in [0.4, 0.5) is 5.13 Å². The molecule has 1 aliphatic heterocycles. The number of aromatic nitrogens is 1. The fourth-order valence-electron chi connectivity index (χ4n) is 3.83. The van der Waals surface area contributed by atoms with Gasteiger partial charge in [0.15, 0.2) is 10.6 Å². The predicted molar refractivity (Wildman–Crippen MR) is 119 cm³/mol. The van der Waals surface area contributed by atoms with Crippen molar-refractivity contribution in [1.82, 2.24) is 4.98 Å². The maximum Gasteiger partial charge on any atom is 0.297 e. The van der Waals surface area contributed by atoms with Crippen molar-refractivity contribution in [3.63, 3.8) is 0 Å². The van der Waals surface area contributed by atoms with E-state index in [9.17, 15) is 9.59 Å². The van der Waals surface area contributed by atoms with Crippen molar-refractivity contribution in [3.05, 3.63) is 90.7 Å².